The second kappa shape index (κ2) is 20.0. The molecule has 2 aliphatic heterocycles. The molecule has 2 heterocycles. The Kier molecular flexibility index (Phi) is 15.8. The average molecular weight is 697 g/mol. The van der Waals surface area contributed by atoms with Crippen LogP contribution in [-0.4, -0.2) is 78.8 Å². The van der Waals surface area contributed by atoms with E-state index in [2.05, 4.69) is 26.6 Å². The second-order valence-electron chi connectivity index (χ2n) is 12.8. The van der Waals surface area contributed by atoms with Gasteiger partial charge >= 0.3 is 5.97 Å². The second-order valence-corrected chi connectivity index (χ2v) is 12.8. The number of carboxylic acids is 1. The van der Waals surface area contributed by atoms with E-state index in [0.717, 1.165) is 0 Å². The van der Waals surface area contributed by atoms with Crippen LogP contribution in [0.2, 0.25) is 0 Å². The fourth-order valence-electron chi connectivity index (χ4n) is 5.20. The van der Waals surface area contributed by atoms with Crippen LogP contribution in [0.5, 0.6) is 11.5 Å². The first-order valence-corrected chi connectivity index (χ1v) is 17.3. The first kappa shape index (κ1) is 39.6. The summed E-state index contributed by atoms with van der Waals surface area (Å²) in [6.07, 6.45) is 1.21. The van der Waals surface area contributed by atoms with Crippen LogP contribution in [-0.2, 0) is 30.4 Å². The van der Waals surface area contributed by atoms with Gasteiger partial charge in [0.25, 0.3) is 5.91 Å². The molecule has 2 aromatic rings. The van der Waals surface area contributed by atoms with E-state index in [4.69, 9.17) is 15.2 Å². The van der Waals surface area contributed by atoms with Crippen molar-refractivity contribution in [1.29, 1.82) is 0 Å². The highest BCUT2D eigenvalue weighted by atomic mass is 16.5. The molecule has 4 rings (SSSR count). The third-order valence-electron chi connectivity index (χ3n) is 8.44. The summed E-state index contributed by atoms with van der Waals surface area (Å²) in [6, 6.07) is 10.5. The van der Waals surface area contributed by atoms with Crippen molar-refractivity contribution in [3.63, 3.8) is 0 Å². The van der Waals surface area contributed by atoms with Crippen LogP contribution in [0, 0.1) is 11.8 Å². The van der Waals surface area contributed by atoms with Gasteiger partial charge in [-0.25, -0.2) is 4.79 Å². The molecule has 2 bridgehead atoms. The molecule has 2 aromatic carbocycles. The van der Waals surface area contributed by atoms with Crippen LogP contribution in [0.25, 0.3) is 0 Å². The van der Waals surface area contributed by atoms with Crippen molar-refractivity contribution in [3.8, 4) is 11.5 Å². The zero-order chi connectivity index (χ0) is 36.6. The average Bonchev–Trinajstić information content (AvgIpc) is 3.09. The highest BCUT2D eigenvalue weighted by Crippen LogP contribution is 2.18. The Bertz CT molecular complexity index is 1420. The molecule has 0 fully saturated rings. The molecule has 0 spiro atoms. The van der Waals surface area contributed by atoms with Crippen LogP contribution < -0.4 is 41.8 Å². The van der Waals surface area contributed by atoms with E-state index >= 15 is 0 Å². The van der Waals surface area contributed by atoms with E-state index in [1.54, 1.807) is 69.3 Å². The minimum absolute atomic E-state index is 0.0460. The Morgan fingerprint density at radius 1 is 1.00 bits per heavy atom. The number of aliphatic carboxylic acids is 1. The van der Waals surface area contributed by atoms with Crippen molar-refractivity contribution in [2.45, 2.75) is 90.5 Å². The van der Waals surface area contributed by atoms with Gasteiger partial charge in [0.1, 0.15) is 29.6 Å². The summed E-state index contributed by atoms with van der Waals surface area (Å²) in [6.45, 7) is 8.44. The van der Waals surface area contributed by atoms with Crippen LogP contribution in [0.15, 0.2) is 48.5 Å². The Labute approximate surface area is 293 Å². The Morgan fingerprint density at radius 3 is 2.32 bits per heavy atom. The van der Waals surface area contributed by atoms with Gasteiger partial charge in [0.2, 0.25) is 17.7 Å². The lowest BCUT2D eigenvalue weighted by atomic mass is 9.99. The molecule has 2 aliphatic rings. The molecule has 5 atom stereocenters. The van der Waals surface area contributed by atoms with Crippen molar-refractivity contribution >= 4 is 35.3 Å². The number of hydrogen-bond acceptors (Lipinski definition) is 9. The summed E-state index contributed by atoms with van der Waals surface area (Å²) >= 11 is 0. The summed E-state index contributed by atoms with van der Waals surface area (Å²) in [5.74, 6) is -3.05. The normalized spacial score (nSPS) is 18.8. The number of carbonyl (C=O) groups excluding carboxylic acids is 4. The molecular formula is C36H52N6O8. The van der Waals surface area contributed by atoms with Gasteiger partial charge in [-0.2, -0.15) is 0 Å². The lowest BCUT2D eigenvalue weighted by Gasteiger charge is -2.28. The van der Waals surface area contributed by atoms with Gasteiger partial charge in [0.05, 0.1) is 13.2 Å². The number of carbonyl (C=O) groups is 5. The topological polar surface area (TPSA) is 210 Å². The van der Waals surface area contributed by atoms with E-state index in [9.17, 15) is 29.1 Å². The van der Waals surface area contributed by atoms with Crippen molar-refractivity contribution in [2.75, 3.05) is 25.1 Å². The Balaban J connectivity index is 1.93. The van der Waals surface area contributed by atoms with E-state index in [1.807, 2.05) is 6.92 Å². The quantitative estimate of drug-likeness (QED) is 0.113. The summed E-state index contributed by atoms with van der Waals surface area (Å²) < 4.78 is 11.5. The maximum absolute atomic E-state index is 14.0. The molecule has 4 amide bonds. The zero-order valence-electron chi connectivity index (χ0n) is 29.3. The molecule has 0 saturated carbocycles. The fraction of sp³-hybridized carbons (Fsp3) is 0.528. The summed E-state index contributed by atoms with van der Waals surface area (Å²) in [5.41, 5.74) is 6.68. The number of nitrogens with one attached hydrogen (secondary N) is 5. The molecule has 0 radical (unpaired) electrons. The van der Waals surface area contributed by atoms with Crippen LogP contribution in [0.3, 0.4) is 0 Å². The number of ether oxygens (including phenoxy) is 2. The molecule has 14 heteroatoms. The SMILES string of the molecule is CC[C@H](C)[C@H](NC(=O)C(NC(=O)[C@@H]1Cc2ccc(cc2)OCCCCC(=O)N[C@@H](C(C)C)C(=O)N1)Nc1ccc(OCCCN)cc1)C(=O)O. The molecule has 1 unspecified atom stereocenters. The maximum atomic E-state index is 14.0. The van der Waals surface area contributed by atoms with Crippen LogP contribution >= 0.6 is 0 Å². The van der Waals surface area contributed by atoms with Gasteiger partial charge in [0.15, 0.2) is 6.17 Å². The van der Waals surface area contributed by atoms with Crippen molar-refractivity contribution in [2.24, 2.45) is 17.6 Å². The standard InChI is InChI=1S/C36H52N6O8/c1-5-23(4)31(36(47)48)41-35(46)32(38-25-12-16-27(17-13-25)50-20-8-18-37)42-33(44)28-21-24-10-14-26(15-11-24)49-19-7-6-9-29(43)40-30(22(2)3)34(45)39-28/h10-17,22-23,28,30-32,38H,5-9,18-21,37H2,1-4H3,(H,39,45)(H,40,43)(H,41,46)(H,42,44)(H,47,48)/t23-,28-,30-,31-,32?/m0/s1. The Hall–Kier alpha value is -4.85. The van der Waals surface area contributed by atoms with Crippen molar-refractivity contribution in [1.82, 2.24) is 21.3 Å². The molecule has 0 aliphatic carbocycles. The molecular weight excluding hydrogens is 644 g/mol. The van der Waals surface area contributed by atoms with Crippen molar-refractivity contribution < 1.29 is 38.6 Å². The maximum Gasteiger partial charge on any atom is 0.326 e. The minimum Gasteiger partial charge on any atom is -0.494 e. The van der Waals surface area contributed by atoms with Gasteiger partial charge in [-0.05, 0) is 79.6 Å². The fourth-order valence-corrected chi connectivity index (χ4v) is 5.20. The highest BCUT2D eigenvalue weighted by Gasteiger charge is 2.33. The van der Waals surface area contributed by atoms with Crippen LogP contribution in [0.1, 0.15) is 65.4 Å². The largest absolute Gasteiger partial charge is 0.494 e. The lowest BCUT2D eigenvalue weighted by molar-refractivity contribution is -0.143. The molecule has 0 aromatic heterocycles. The van der Waals surface area contributed by atoms with Gasteiger partial charge in [-0.3, -0.25) is 19.2 Å². The predicted octanol–water partition coefficient (Wildman–Crippen LogP) is 2.31. The number of carboxylic acid groups (broad SMARTS) is 1. The number of anilines is 1. The summed E-state index contributed by atoms with van der Waals surface area (Å²) in [4.78, 5) is 66.1. The molecule has 8 N–H and O–H groups in total. The smallest absolute Gasteiger partial charge is 0.326 e. The number of rotatable bonds is 14. The predicted molar refractivity (Wildman–Crippen MR) is 188 cm³/mol. The number of fused-ring (bicyclic) bond motifs is 13. The zero-order valence-corrected chi connectivity index (χ0v) is 29.3. The summed E-state index contributed by atoms with van der Waals surface area (Å²) in [5, 5.41) is 23.6. The molecule has 274 valence electrons. The third-order valence-corrected chi connectivity index (χ3v) is 8.44. The highest BCUT2D eigenvalue weighted by molar-refractivity contribution is 5.96. The van der Waals surface area contributed by atoms with Gasteiger partial charge in [-0.1, -0.05) is 46.2 Å². The summed E-state index contributed by atoms with van der Waals surface area (Å²) in [7, 11) is 0. The molecule has 14 nitrogen and oxygen atoms in total. The molecule has 50 heavy (non-hydrogen) atoms. The monoisotopic (exact) mass is 696 g/mol. The first-order valence-electron chi connectivity index (χ1n) is 17.3. The lowest BCUT2D eigenvalue weighted by Crippen LogP contribution is -2.61. The van der Waals surface area contributed by atoms with Crippen LogP contribution in [0.4, 0.5) is 5.69 Å². The van der Waals surface area contributed by atoms with E-state index in [1.165, 1.54) is 0 Å². The number of hydrogen-bond donors (Lipinski definition) is 7. The van der Waals surface area contributed by atoms with E-state index in [0.29, 0.717) is 68.2 Å². The molecule has 0 saturated heterocycles. The third kappa shape index (κ3) is 12.6. The van der Waals surface area contributed by atoms with E-state index in [-0.39, 0.29) is 24.7 Å². The first-order chi connectivity index (χ1) is 23.9. The van der Waals surface area contributed by atoms with E-state index < -0.39 is 53.9 Å². The van der Waals surface area contributed by atoms with Gasteiger partial charge in [-0.15, -0.1) is 0 Å². The number of nitrogens with two attached hydrogens (primary N) is 1. The van der Waals surface area contributed by atoms with Gasteiger partial charge < -0.3 is 46.9 Å². The van der Waals surface area contributed by atoms with Crippen molar-refractivity contribution in [3.05, 3.63) is 54.1 Å². The number of benzene rings is 2. The number of amides is 4. The van der Waals surface area contributed by atoms with Gasteiger partial charge in [0, 0.05) is 18.5 Å². The minimum atomic E-state index is -1.44. The Morgan fingerprint density at radius 2 is 1.70 bits per heavy atom.